The van der Waals surface area contributed by atoms with E-state index in [1.165, 1.54) is 5.56 Å². The number of rotatable bonds is 7. The molecule has 1 aliphatic heterocycles. The van der Waals surface area contributed by atoms with Gasteiger partial charge >= 0.3 is 0 Å². The van der Waals surface area contributed by atoms with Gasteiger partial charge in [0, 0.05) is 6.54 Å². The number of ether oxygens (including phenoxy) is 2. The minimum Gasteiger partial charge on any atom is -0.493 e. The monoisotopic (exact) mass is 344 g/mol. The summed E-state index contributed by atoms with van der Waals surface area (Å²) in [7, 11) is 5.25. The van der Waals surface area contributed by atoms with Crippen molar-refractivity contribution in [2.45, 2.75) is 12.5 Å². The van der Waals surface area contributed by atoms with E-state index in [-0.39, 0.29) is 18.3 Å². The SMILES string of the molecule is C=C(/C=C\C(=C/CO)C1c2cc(OC)c(OC)cc2CCN1C)N=O. The number of allylic oxidation sites excluding steroid dienone is 1. The second-order valence-electron chi connectivity index (χ2n) is 5.84. The minimum atomic E-state index is -0.104. The molecule has 1 atom stereocenters. The number of nitrogens with zero attached hydrogens (tertiary/aromatic N) is 2. The Morgan fingerprint density at radius 2 is 2.04 bits per heavy atom. The molecule has 1 unspecified atom stereocenters. The van der Waals surface area contributed by atoms with Crippen molar-refractivity contribution in [2.24, 2.45) is 5.18 Å². The van der Waals surface area contributed by atoms with Crippen molar-refractivity contribution in [3.8, 4) is 11.5 Å². The predicted molar refractivity (Wildman–Crippen MR) is 97.9 cm³/mol. The highest BCUT2D eigenvalue weighted by molar-refractivity contribution is 5.52. The Hall–Kier alpha value is -2.44. The number of methoxy groups -OCH3 is 2. The van der Waals surface area contributed by atoms with E-state index >= 15 is 0 Å². The molecule has 1 aliphatic rings. The zero-order valence-corrected chi connectivity index (χ0v) is 14.9. The van der Waals surface area contributed by atoms with Crippen LogP contribution in [0.3, 0.4) is 0 Å². The Balaban J connectivity index is 2.53. The summed E-state index contributed by atoms with van der Waals surface area (Å²) in [6.45, 7) is 4.31. The molecule has 0 saturated carbocycles. The predicted octanol–water partition coefficient (Wildman–Crippen LogP) is 2.99. The maximum absolute atomic E-state index is 10.6. The minimum absolute atomic E-state index is 0.0774. The second kappa shape index (κ2) is 8.60. The van der Waals surface area contributed by atoms with Gasteiger partial charge in [-0.25, -0.2) is 0 Å². The van der Waals surface area contributed by atoms with Crippen LogP contribution in [0.25, 0.3) is 0 Å². The van der Waals surface area contributed by atoms with Crippen LogP contribution in [-0.4, -0.2) is 44.4 Å². The third-order valence-corrected chi connectivity index (χ3v) is 4.34. The number of benzene rings is 1. The van der Waals surface area contributed by atoms with E-state index in [1.807, 2.05) is 19.2 Å². The van der Waals surface area contributed by atoms with E-state index in [0.29, 0.717) is 11.5 Å². The van der Waals surface area contributed by atoms with E-state index in [9.17, 15) is 10.0 Å². The molecular formula is C19H24N2O4. The third-order valence-electron chi connectivity index (χ3n) is 4.34. The molecule has 0 spiro atoms. The van der Waals surface area contributed by atoms with Crippen LogP contribution in [-0.2, 0) is 6.42 Å². The van der Waals surface area contributed by atoms with Gasteiger partial charge in [-0.3, -0.25) is 4.90 Å². The van der Waals surface area contributed by atoms with Crippen molar-refractivity contribution in [3.05, 3.63) is 64.2 Å². The molecular weight excluding hydrogens is 320 g/mol. The van der Waals surface area contributed by atoms with Crippen LogP contribution >= 0.6 is 0 Å². The first-order valence-electron chi connectivity index (χ1n) is 8.02. The molecule has 0 saturated heterocycles. The highest BCUT2D eigenvalue weighted by Gasteiger charge is 2.28. The van der Waals surface area contributed by atoms with Crippen LogP contribution < -0.4 is 9.47 Å². The lowest BCUT2D eigenvalue weighted by atomic mass is 9.87. The number of likely N-dealkylation sites (N-methyl/N-ethyl adjacent to an activating group) is 1. The van der Waals surface area contributed by atoms with Gasteiger partial charge in [0.1, 0.15) is 5.70 Å². The van der Waals surface area contributed by atoms with Crippen molar-refractivity contribution >= 4 is 0 Å². The van der Waals surface area contributed by atoms with Gasteiger partial charge in [0.2, 0.25) is 0 Å². The number of fused-ring (bicyclic) bond motifs is 1. The highest BCUT2D eigenvalue weighted by Crippen LogP contribution is 2.40. The number of nitroso groups, excluding NO2 is 1. The van der Waals surface area contributed by atoms with Gasteiger partial charge in [0.25, 0.3) is 0 Å². The van der Waals surface area contributed by atoms with Gasteiger partial charge in [0.05, 0.1) is 26.9 Å². The maximum atomic E-state index is 10.6. The molecule has 1 aromatic rings. The Kier molecular flexibility index (Phi) is 6.50. The average Bonchev–Trinajstić information content (AvgIpc) is 2.63. The molecule has 0 aromatic heterocycles. The lowest BCUT2D eigenvalue weighted by molar-refractivity contribution is 0.259. The lowest BCUT2D eigenvalue weighted by Crippen LogP contribution is -2.33. The Morgan fingerprint density at radius 1 is 1.36 bits per heavy atom. The molecule has 2 rings (SSSR count). The molecule has 0 aliphatic carbocycles. The zero-order chi connectivity index (χ0) is 18.4. The summed E-state index contributed by atoms with van der Waals surface area (Å²) in [4.78, 5) is 12.7. The molecule has 0 fully saturated rings. The fourth-order valence-corrected chi connectivity index (χ4v) is 3.10. The van der Waals surface area contributed by atoms with E-state index in [2.05, 4.69) is 16.7 Å². The zero-order valence-electron chi connectivity index (χ0n) is 14.9. The topological polar surface area (TPSA) is 71.4 Å². The molecule has 1 aromatic carbocycles. The Labute approximate surface area is 148 Å². The summed E-state index contributed by atoms with van der Waals surface area (Å²) in [5.41, 5.74) is 3.25. The summed E-state index contributed by atoms with van der Waals surface area (Å²) >= 11 is 0. The van der Waals surface area contributed by atoms with Crippen LogP contribution in [0.2, 0.25) is 0 Å². The first-order chi connectivity index (χ1) is 12.0. The molecule has 0 bridgehead atoms. The Morgan fingerprint density at radius 3 is 2.64 bits per heavy atom. The Bertz CT molecular complexity index is 710. The van der Waals surface area contributed by atoms with E-state index < -0.39 is 0 Å². The smallest absolute Gasteiger partial charge is 0.161 e. The van der Waals surface area contributed by atoms with Gasteiger partial charge in [-0.2, -0.15) is 0 Å². The first-order valence-corrected chi connectivity index (χ1v) is 8.02. The van der Waals surface area contributed by atoms with Gasteiger partial charge in [-0.15, -0.1) is 4.91 Å². The largest absolute Gasteiger partial charge is 0.493 e. The van der Waals surface area contributed by atoms with Crippen molar-refractivity contribution in [3.63, 3.8) is 0 Å². The molecule has 6 heteroatoms. The van der Waals surface area contributed by atoms with Gasteiger partial charge in [-0.05, 0) is 53.6 Å². The van der Waals surface area contributed by atoms with Crippen molar-refractivity contribution in [2.75, 3.05) is 34.4 Å². The molecule has 1 heterocycles. The van der Waals surface area contributed by atoms with Crippen LogP contribution in [0.4, 0.5) is 0 Å². The van der Waals surface area contributed by atoms with E-state index in [0.717, 1.165) is 24.1 Å². The molecule has 134 valence electrons. The number of hydrogen-bond donors (Lipinski definition) is 1. The summed E-state index contributed by atoms with van der Waals surface area (Å²) in [6, 6.07) is 3.90. The van der Waals surface area contributed by atoms with Crippen molar-refractivity contribution in [1.82, 2.24) is 4.90 Å². The number of aliphatic hydroxyl groups excluding tert-OH is 1. The quantitative estimate of drug-likeness (QED) is 0.608. The lowest BCUT2D eigenvalue weighted by Gasteiger charge is -2.36. The number of hydrogen-bond acceptors (Lipinski definition) is 6. The standard InChI is InChI=1S/C19H24N2O4/c1-13(20-23)5-6-14(8-10-22)19-16-12-18(25-4)17(24-3)11-15(16)7-9-21(19)2/h5-6,8,11-12,19,22H,1,7,9-10H2,2-4H3/b6-5-,14-8+. The molecule has 1 N–H and O–H groups in total. The summed E-state index contributed by atoms with van der Waals surface area (Å²) in [5, 5.41) is 12.2. The van der Waals surface area contributed by atoms with Crippen LogP contribution in [0.15, 0.2) is 53.4 Å². The second-order valence-corrected chi connectivity index (χ2v) is 5.84. The van der Waals surface area contributed by atoms with Gasteiger partial charge in [0.15, 0.2) is 11.5 Å². The fourth-order valence-electron chi connectivity index (χ4n) is 3.10. The van der Waals surface area contributed by atoms with Crippen molar-refractivity contribution in [1.29, 1.82) is 0 Å². The third kappa shape index (κ3) is 4.15. The van der Waals surface area contributed by atoms with E-state index in [1.54, 1.807) is 32.4 Å². The first kappa shape index (κ1) is 18.9. The van der Waals surface area contributed by atoms with Crippen LogP contribution in [0.5, 0.6) is 11.5 Å². The summed E-state index contributed by atoms with van der Waals surface area (Å²) in [6.07, 6.45) is 5.94. The van der Waals surface area contributed by atoms with Gasteiger partial charge in [-0.1, -0.05) is 18.7 Å². The van der Waals surface area contributed by atoms with Gasteiger partial charge < -0.3 is 14.6 Å². The van der Waals surface area contributed by atoms with E-state index in [4.69, 9.17) is 9.47 Å². The average molecular weight is 344 g/mol. The molecule has 6 nitrogen and oxygen atoms in total. The molecule has 0 amide bonds. The normalized spacial score (nSPS) is 18.1. The van der Waals surface area contributed by atoms with Crippen molar-refractivity contribution < 1.29 is 14.6 Å². The maximum Gasteiger partial charge on any atom is 0.161 e. The molecule has 0 radical (unpaired) electrons. The summed E-state index contributed by atoms with van der Waals surface area (Å²) in [5.74, 6) is 1.36. The number of aliphatic hydroxyl groups is 1. The van der Waals surface area contributed by atoms with Crippen LogP contribution in [0, 0.1) is 4.91 Å². The fraction of sp³-hybridized carbons (Fsp3) is 0.368. The molecule has 25 heavy (non-hydrogen) atoms. The van der Waals surface area contributed by atoms with Crippen LogP contribution in [0.1, 0.15) is 17.2 Å². The summed E-state index contributed by atoms with van der Waals surface area (Å²) < 4.78 is 10.8. The highest BCUT2D eigenvalue weighted by atomic mass is 16.5.